The Morgan fingerprint density at radius 2 is 1.65 bits per heavy atom. The third-order valence-electron chi connectivity index (χ3n) is 2.58. The Morgan fingerprint density at radius 1 is 1.15 bits per heavy atom. The van der Waals surface area contributed by atoms with Crippen molar-refractivity contribution in [2.24, 2.45) is 5.92 Å². The van der Waals surface area contributed by atoms with Crippen LogP contribution in [0.2, 0.25) is 0 Å². The maximum Gasteiger partial charge on any atom is 0.00865 e. The van der Waals surface area contributed by atoms with Gasteiger partial charge in [-0.2, -0.15) is 0 Å². The Labute approximate surface area is 128 Å². The molecule has 0 aliphatic carbocycles. The third kappa shape index (κ3) is 13.2. The molecule has 0 heterocycles. The Morgan fingerprint density at radius 3 is 2.00 bits per heavy atom. The van der Waals surface area contributed by atoms with Crippen LogP contribution in [0.1, 0.15) is 54.4 Å². The SMILES string of the molecule is C=C/C=C(\C=C/CC)C[C@@H](C)C(=C)N(C)C.CC.CC. The van der Waals surface area contributed by atoms with E-state index in [1.54, 1.807) is 0 Å². The molecule has 0 aliphatic heterocycles. The van der Waals surface area contributed by atoms with Gasteiger partial charge in [0.05, 0.1) is 0 Å². The molecule has 0 amide bonds. The van der Waals surface area contributed by atoms with Crippen molar-refractivity contribution in [1.82, 2.24) is 4.90 Å². The highest BCUT2D eigenvalue weighted by atomic mass is 15.1. The van der Waals surface area contributed by atoms with Crippen LogP contribution in [-0.2, 0) is 0 Å². The van der Waals surface area contributed by atoms with E-state index in [-0.39, 0.29) is 0 Å². The van der Waals surface area contributed by atoms with Crippen LogP contribution in [0, 0.1) is 5.92 Å². The second-order valence-corrected chi connectivity index (χ2v) is 4.28. The quantitative estimate of drug-likeness (QED) is 0.500. The van der Waals surface area contributed by atoms with Crippen LogP contribution in [-0.4, -0.2) is 19.0 Å². The fourth-order valence-electron chi connectivity index (χ4n) is 1.52. The van der Waals surface area contributed by atoms with Gasteiger partial charge in [-0.05, 0) is 24.3 Å². The lowest BCUT2D eigenvalue weighted by molar-refractivity contribution is 0.433. The molecule has 0 saturated carbocycles. The summed E-state index contributed by atoms with van der Waals surface area (Å²) in [5.41, 5.74) is 2.48. The Kier molecular flexibility index (Phi) is 21.2. The van der Waals surface area contributed by atoms with Crippen LogP contribution in [0.4, 0.5) is 0 Å². The lowest BCUT2D eigenvalue weighted by Crippen LogP contribution is -2.16. The van der Waals surface area contributed by atoms with Crippen molar-refractivity contribution in [2.75, 3.05) is 14.1 Å². The molecule has 0 unspecified atom stereocenters. The van der Waals surface area contributed by atoms with E-state index in [0.717, 1.165) is 12.8 Å². The molecule has 0 aliphatic rings. The number of hydrogen-bond acceptors (Lipinski definition) is 1. The van der Waals surface area contributed by atoms with E-state index in [2.05, 4.69) is 50.1 Å². The number of hydrogen-bond donors (Lipinski definition) is 0. The van der Waals surface area contributed by atoms with Crippen molar-refractivity contribution in [3.05, 3.63) is 48.7 Å². The van der Waals surface area contributed by atoms with Gasteiger partial charge in [-0.25, -0.2) is 0 Å². The van der Waals surface area contributed by atoms with Crippen molar-refractivity contribution in [3.8, 4) is 0 Å². The predicted octanol–water partition coefficient (Wildman–Crippen LogP) is 6.22. The standard InChI is InChI=1S/C15H25N.2C2H6/c1-7-9-11-15(10-8-2)12-13(3)14(4)16(5)6;2*1-2/h8-11,13H,2,4,7,12H2,1,3,5-6H3;2*1-2H3/b11-9-,15-10+;;/t13-;;/m1../s1. The molecule has 0 rings (SSSR count). The molecule has 20 heavy (non-hydrogen) atoms. The minimum atomic E-state index is 0.461. The lowest BCUT2D eigenvalue weighted by atomic mass is 9.97. The maximum absolute atomic E-state index is 4.10. The summed E-state index contributed by atoms with van der Waals surface area (Å²) in [5.74, 6) is 0.461. The van der Waals surface area contributed by atoms with Crippen LogP contribution in [0.25, 0.3) is 0 Å². The van der Waals surface area contributed by atoms with Crippen LogP contribution in [0.5, 0.6) is 0 Å². The van der Waals surface area contributed by atoms with E-state index in [0.29, 0.717) is 5.92 Å². The second kappa shape index (κ2) is 17.8. The molecule has 0 spiro atoms. The van der Waals surface area contributed by atoms with Gasteiger partial charge in [0, 0.05) is 19.8 Å². The lowest BCUT2D eigenvalue weighted by Gasteiger charge is -2.22. The monoisotopic (exact) mass is 279 g/mol. The van der Waals surface area contributed by atoms with E-state index < -0.39 is 0 Å². The van der Waals surface area contributed by atoms with Crippen molar-refractivity contribution in [3.63, 3.8) is 0 Å². The molecule has 0 N–H and O–H groups in total. The second-order valence-electron chi connectivity index (χ2n) is 4.28. The van der Waals surface area contributed by atoms with Gasteiger partial charge >= 0.3 is 0 Å². The highest BCUT2D eigenvalue weighted by molar-refractivity contribution is 5.24. The van der Waals surface area contributed by atoms with Crippen molar-refractivity contribution < 1.29 is 0 Å². The van der Waals surface area contributed by atoms with Gasteiger partial charge in [-0.3, -0.25) is 0 Å². The van der Waals surface area contributed by atoms with E-state index in [9.17, 15) is 0 Å². The first kappa shape index (κ1) is 23.8. The van der Waals surface area contributed by atoms with Gasteiger partial charge in [0.15, 0.2) is 0 Å². The summed E-state index contributed by atoms with van der Waals surface area (Å²) in [6.07, 6.45) is 10.4. The minimum absolute atomic E-state index is 0.461. The molecule has 118 valence electrons. The Bertz CT molecular complexity index is 282. The van der Waals surface area contributed by atoms with Crippen LogP contribution < -0.4 is 0 Å². The van der Waals surface area contributed by atoms with Gasteiger partial charge in [-0.15, -0.1) is 0 Å². The van der Waals surface area contributed by atoms with Gasteiger partial charge in [0.2, 0.25) is 0 Å². The summed E-state index contributed by atoms with van der Waals surface area (Å²) in [7, 11) is 4.08. The van der Waals surface area contributed by atoms with Crippen LogP contribution in [0.15, 0.2) is 48.7 Å². The molecule has 0 saturated heterocycles. The smallest absolute Gasteiger partial charge is 0.00865 e. The molecule has 0 radical (unpaired) electrons. The maximum atomic E-state index is 4.10. The molecule has 1 nitrogen and oxygen atoms in total. The van der Waals surface area contributed by atoms with Crippen molar-refractivity contribution in [2.45, 2.75) is 54.4 Å². The Hall–Kier alpha value is -1.24. The normalized spacial score (nSPS) is 11.7. The zero-order valence-corrected chi connectivity index (χ0v) is 15.2. The van der Waals surface area contributed by atoms with Gasteiger partial charge in [-0.1, -0.05) is 79.0 Å². The average Bonchev–Trinajstić information content (AvgIpc) is 2.48. The van der Waals surface area contributed by atoms with Gasteiger partial charge in [0.1, 0.15) is 0 Å². The first-order valence-electron chi connectivity index (χ1n) is 7.87. The highest BCUT2D eigenvalue weighted by Crippen LogP contribution is 2.20. The summed E-state index contributed by atoms with van der Waals surface area (Å²) in [6.45, 7) is 20.2. The average molecular weight is 280 g/mol. The van der Waals surface area contributed by atoms with Gasteiger partial charge in [0.25, 0.3) is 0 Å². The molecular formula is C19H37N. The fourth-order valence-corrected chi connectivity index (χ4v) is 1.52. The number of allylic oxidation sites excluding steroid dienone is 6. The first-order chi connectivity index (χ1) is 9.52. The molecule has 1 atom stereocenters. The van der Waals surface area contributed by atoms with E-state index in [1.165, 1.54) is 11.3 Å². The summed E-state index contributed by atoms with van der Waals surface area (Å²) in [6, 6.07) is 0. The summed E-state index contributed by atoms with van der Waals surface area (Å²) >= 11 is 0. The van der Waals surface area contributed by atoms with Gasteiger partial charge < -0.3 is 4.90 Å². The zero-order chi connectivity index (χ0) is 16.6. The third-order valence-corrected chi connectivity index (χ3v) is 2.58. The summed E-state index contributed by atoms with van der Waals surface area (Å²) in [5, 5.41) is 0. The number of nitrogens with zero attached hydrogens (tertiary/aromatic N) is 1. The van der Waals surface area contributed by atoms with E-state index in [4.69, 9.17) is 0 Å². The first-order valence-corrected chi connectivity index (χ1v) is 7.87. The molecular weight excluding hydrogens is 242 g/mol. The van der Waals surface area contributed by atoms with Crippen molar-refractivity contribution in [1.29, 1.82) is 0 Å². The fraction of sp³-hybridized carbons (Fsp3) is 0.579. The zero-order valence-electron chi connectivity index (χ0n) is 15.2. The molecule has 0 bridgehead atoms. The molecule has 0 aromatic carbocycles. The largest absolute Gasteiger partial charge is 0.381 e. The van der Waals surface area contributed by atoms with E-state index >= 15 is 0 Å². The summed E-state index contributed by atoms with van der Waals surface area (Å²) < 4.78 is 0. The van der Waals surface area contributed by atoms with E-state index in [1.807, 2.05) is 47.9 Å². The number of rotatable bonds is 7. The highest BCUT2D eigenvalue weighted by Gasteiger charge is 2.09. The predicted molar refractivity (Wildman–Crippen MR) is 97.0 cm³/mol. The van der Waals surface area contributed by atoms with Crippen LogP contribution >= 0.6 is 0 Å². The Balaban J connectivity index is -0.000000656. The minimum Gasteiger partial charge on any atom is -0.381 e. The molecule has 0 fully saturated rings. The topological polar surface area (TPSA) is 3.24 Å². The molecule has 0 aromatic heterocycles. The molecule has 1 heteroatoms. The van der Waals surface area contributed by atoms with Crippen LogP contribution in [0.3, 0.4) is 0 Å². The summed E-state index contributed by atoms with van der Waals surface area (Å²) in [4.78, 5) is 2.08. The molecule has 0 aromatic rings. The van der Waals surface area contributed by atoms with Crippen molar-refractivity contribution >= 4 is 0 Å².